The molecule has 1 aromatic heterocycles. The van der Waals surface area contributed by atoms with Gasteiger partial charge in [-0.1, -0.05) is 17.7 Å². The van der Waals surface area contributed by atoms with Gasteiger partial charge in [-0.25, -0.2) is 4.98 Å². The zero-order valence-corrected chi connectivity index (χ0v) is 14.4. The number of carbonyl (C=O) groups is 1. The van der Waals surface area contributed by atoms with Gasteiger partial charge in [0.1, 0.15) is 5.75 Å². The van der Waals surface area contributed by atoms with Crippen molar-refractivity contribution in [1.82, 2.24) is 14.9 Å². The third kappa shape index (κ3) is 4.07. The summed E-state index contributed by atoms with van der Waals surface area (Å²) in [7, 11) is 1.66. The number of methoxy groups -OCH3 is 1. The van der Waals surface area contributed by atoms with E-state index >= 15 is 0 Å². The lowest BCUT2D eigenvalue weighted by Crippen LogP contribution is -2.25. The van der Waals surface area contributed by atoms with Gasteiger partial charge in [-0.15, -0.1) is 0 Å². The fourth-order valence-electron chi connectivity index (χ4n) is 2.71. The number of nitrogens with zero attached hydrogens (tertiary/aromatic N) is 2. The Morgan fingerprint density at radius 3 is 2.68 bits per heavy atom. The van der Waals surface area contributed by atoms with Crippen LogP contribution in [0.4, 0.5) is 0 Å². The highest BCUT2D eigenvalue weighted by molar-refractivity contribution is 5.94. The quantitative estimate of drug-likeness (QED) is 0.753. The molecule has 128 valence electrons. The van der Waals surface area contributed by atoms with Crippen molar-refractivity contribution in [1.29, 1.82) is 0 Å². The molecule has 0 saturated carbocycles. The summed E-state index contributed by atoms with van der Waals surface area (Å²) in [6.07, 6.45) is 6.04. The van der Waals surface area contributed by atoms with Crippen molar-refractivity contribution in [2.45, 2.75) is 13.3 Å². The zero-order valence-electron chi connectivity index (χ0n) is 14.4. The minimum Gasteiger partial charge on any atom is -0.496 e. The van der Waals surface area contributed by atoms with E-state index in [-0.39, 0.29) is 5.91 Å². The molecule has 1 N–H and O–H groups in total. The molecule has 0 unspecified atom stereocenters. The Hall–Kier alpha value is -3.08. The number of amides is 1. The Bertz CT molecular complexity index is 840. The number of aryl methyl sites for hydroxylation is 1. The van der Waals surface area contributed by atoms with E-state index in [4.69, 9.17) is 4.74 Å². The third-order valence-corrected chi connectivity index (χ3v) is 4.05. The normalized spacial score (nSPS) is 10.5. The van der Waals surface area contributed by atoms with Crippen molar-refractivity contribution in [2.24, 2.45) is 0 Å². The van der Waals surface area contributed by atoms with Crippen LogP contribution in [0.3, 0.4) is 0 Å². The van der Waals surface area contributed by atoms with Crippen LogP contribution in [0, 0.1) is 6.92 Å². The van der Waals surface area contributed by atoms with Gasteiger partial charge in [0.25, 0.3) is 5.91 Å². The monoisotopic (exact) mass is 335 g/mol. The molecule has 0 aliphatic rings. The van der Waals surface area contributed by atoms with Crippen molar-refractivity contribution >= 4 is 5.91 Å². The third-order valence-electron chi connectivity index (χ3n) is 4.05. The van der Waals surface area contributed by atoms with E-state index in [2.05, 4.69) is 16.4 Å². The molecule has 0 aliphatic carbocycles. The average Bonchev–Trinajstić information content (AvgIpc) is 3.17. The predicted octanol–water partition coefficient (Wildman–Crippen LogP) is 3.16. The fourth-order valence-corrected chi connectivity index (χ4v) is 2.71. The lowest BCUT2D eigenvalue weighted by Gasteiger charge is -2.10. The molecule has 0 fully saturated rings. The number of aromatic nitrogens is 2. The molecule has 1 heterocycles. The molecule has 3 aromatic rings. The molecule has 0 radical (unpaired) electrons. The van der Waals surface area contributed by atoms with Crippen LogP contribution in [-0.4, -0.2) is 29.1 Å². The molecule has 5 nitrogen and oxygen atoms in total. The van der Waals surface area contributed by atoms with E-state index in [0.29, 0.717) is 12.1 Å². The first kappa shape index (κ1) is 16.8. The molecule has 2 aromatic carbocycles. The molecule has 25 heavy (non-hydrogen) atoms. The topological polar surface area (TPSA) is 56.1 Å². The van der Waals surface area contributed by atoms with Gasteiger partial charge >= 0.3 is 0 Å². The zero-order chi connectivity index (χ0) is 17.6. The Morgan fingerprint density at radius 1 is 1.20 bits per heavy atom. The number of hydrogen-bond donors (Lipinski definition) is 1. The summed E-state index contributed by atoms with van der Waals surface area (Å²) >= 11 is 0. The highest BCUT2D eigenvalue weighted by Gasteiger charge is 2.07. The summed E-state index contributed by atoms with van der Waals surface area (Å²) in [4.78, 5) is 16.3. The summed E-state index contributed by atoms with van der Waals surface area (Å²) in [5.41, 5.74) is 3.88. The minimum absolute atomic E-state index is 0.0798. The molecular formula is C20H21N3O2. The van der Waals surface area contributed by atoms with Gasteiger partial charge in [0.15, 0.2) is 0 Å². The molecule has 0 atom stereocenters. The number of nitrogens with one attached hydrogen (secondary N) is 1. The van der Waals surface area contributed by atoms with E-state index in [0.717, 1.165) is 23.4 Å². The van der Waals surface area contributed by atoms with E-state index in [1.54, 1.807) is 19.6 Å². The van der Waals surface area contributed by atoms with E-state index < -0.39 is 0 Å². The van der Waals surface area contributed by atoms with Gasteiger partial charge in [-0.2, -0.15) is 0 Å². The van der Waals surface area contributed by atoms with E-state index in [1.807, 2.05) is 54.1 Å². The Morgan fingerprint density at radius 2 is 2.00 bits per heavy atom. The molecule has 5 heteroatoms. The molecule has 3 rings (SSSR count). The second-order valence-electron chi connectivity index (χ2n) is 5.84. The van der Waals surface area contributed by atoms with Crippen molar-refractivity contribution < 1.29 is 9.53 Å². The maximum Gasteiger partial charge on any atom is 0.251 e. The van der Waals surface area contributed by atoms with Crippen LogP contribution in [0.5, 0.6) is 5.75 Å². The maximum atomic E-state index is 12.3. The van der Waals surface area contributed by atoms with Crippen molar-refractivity contribution in [3.8, 4) is 11.4 Å². The molecule has 0 aliphatic heterocycles. The first-order chi connectivity index (χ1) is 12.2. The van der Waals surface area contributed by atoms with E-state index in [1.165, 1.54) is 5.56 Å². The highest BCUT2D eigenvalue weighted by Crippen LogP contribution is 2.19. The summed E-state index contributed by atoms with van der Waals surface area (Å²) in [5, 5.41) is 2.96. The van der Waals surface area contributed by atoms with Gasteiger partial charge in [-0.3, -0.25) is 4.79 Å². The van der Waals surface area contributed by atoms with Gasteiger partial charge in [0, 0.05) is 30.2 Å². The summed E-state index contributed by atoms with van der Waals surface area (Å²) < 4.78 is 7.27. The summed E-state index contributed by atoms with van der Waals surface area (Å²) in [6, 6.07) is 13.5. The number of hydrogen-bond acceptors (Lipinski definition) is 3. The van der Waals surface area contributed by atoms with Crippen molar-refractivity contribution in [2.75, 3.05) is 13.7 Å². The fraction of sp³-hybridized carbons (Fsp3) is 0.200. The SMILES string of the molecule is COc1ccc(C)cc1CCNC(=O)c1ccc(-n2ccnc2)cc1. The number of rotatable bonds is 6. The van der Waals surface area contributed by atoms with Crippen LogP contribution >= 0.6 is 0 Å². The van der Waals surface area contributed by atoms with Crippen LogP contribution in [0.25, 0.3) is 5.69 Å². The Kier molecular flexibility index (Phi) is 5.14. The predicted molar refractivity (Wildman–Crippen MR) is 97.3 cm³/mol. The number of imidazole rings is 1. The molecule has 1 amide bonds. The van der Waals surface area contributed by atoms with Crippen molar-refractivity contribution in [3.05, 3.63) is 77.9 Å². The van der Waals surface area contributed by atoms with Crippen LogP contribution in [0.1, 0.15) is 21.5 Å². The number of carbonyl (C=O) groups excluding carboxylic acids is 1. The first-order valence-corrected chi connectivity index (χ1v) is 8.17. The number of benzene rings is 2. The van der Waals surface area contributed by atoms with Crippen LogP contribution in [0.15, 0.2) is 61.2 Å². The van der Waals surface area contributed by atoms with Crippen molar-refractivity contribution in [3.63, 3.8) is 0 Å². The number of ether oxygens (including phenoxy) is 1. The smallest absolute Gasteiger partial charge is 0.251 e. The van der Waals surface area contributed by atoms with Crippen LogP contribution in [-0.2, 0) is 6.42 Å². The summed E-state index contributed by atoms with van der Waals surface area (Å²) in [6.45, 7) is 2.60. The summed E-state index contributed by atoms with van der Waals surface area (Å²) in [5.74, 6) is 0.772. The molecule has 0 bridgehead atoms. The Balaban J connectivity index is 1.59. The average molecular weight is 335 g/mol. The Labute approximate surface area is 147 Å². The van der Waals surface area contributed by atoms with Crippen LogP contribution < -0.4 is 10.1 Å². The lowest BCUT2D eigenvalue weighted by atomic mass is 10.1. The minimum atomic E-state index is -0.0798. The lowest BCUT2D eigenvalue weighted by molar-refractivity contribution is 0.0954. The first-order valence-electron chi connectivity index (χ1n) is 8.17. The molecule has 0 saturated heterocycles. The second kappa shape index (κ2) is 7.66. The van der Waals surface area contributed by atoms with Gasteiger partial charge in [-0.05, 0) is 49.2 Å². The van der Waals surface area contributed by atoms with Gasteiger partial charge in [0.05, 0.1) is 13.4 Å². The second-order valence-corrected chi connectivity index (χ2v) is 5.84. The van der Waals surface area contributed by atoms with Gasteiger partial charge in [0.2, 0.25) is 0 Å². The van der Waals surface area contributed by atoms with Gasteiger partial charge < -0.3 is 14.6 Å². The highest BCUT2D eigenvalue weighted by atomic mass is 16.5. The molecule has 0 spiro atoms. The van der Waals surface area contributed by atoms with E-state index in [9.17, 15) is 4.79 Å². The molecular weight excluding hydrogens is 314 g/mol. The maximum absolute atomic E-state index is 12.3. The van der Waals surface area contributed by atoms with Crippen LogP contribution in [0.2, 0.25) is 0 Å². The largest absolute Gasteiger partial charge is 0.496 e. The standard InChI is InChI=1S/C20H21N3O2/c1-15-3-8-19(25-2)17(13-15)9-10-22-20(24)16-4-6-18(7-5-16)23-12-11-21-14-23/h3-8,11-14H,9-10H2,1-2H3,(H,22,24).